The summed E-state index contributed by atoms with van der Waals surface area (Å²) in [4.78, 5) is 37.6. The number of likely N-dealkylation sites (N-methyl/N-ethyl adjacent to an activating group) is 1. The number of carbonyl (C=O) groups is 2. The van der Waals surface area contributed by atoms with Gasteiger partial charge in [0.25, 0.3) is 11.8 Å². The quantitative estimate of drug-likeness (QED) is 0.736. The summed E-state index contributed by atoms with van der Waals surface area (Å²) in [6.07, 6.45) is 3.40. The van der Waals surface area contributed by atoms with Crippen LogP contribution in [0.2, 0.25) is 0 Å². The summed E-state index contributed by atoms with van der Waals surface area (Å²) in [5, 5.41) is 2.84. The Bertz CT molecular complexity index is 872. The van der Waals surface area contributed by atoms with Gasteiger partial charge in [-0.25, -0.2) is 9.97 Å². The molecule has 3 rings (SSSR count). The van der Waals surface area contributed by atoms with Crippen molar-refractivity contribution in [2.75, 3.05) is 32.4 Å². The molecule has 0 spiro atoms. The average molecular weight is 396 g/mol. The highest BCUT2D eigenvalue weighted by molar-refractivity contribution is 5.99. The first-order chi connectivity index (χ1) is 14.0. The third kappa shape index (κ3) is 5.29. The van der Waals surface area contributed by atoms with Crippen LogP contribution in [0.5, 0.6) is 0 Å². The van der Waals surface area contributed by atoms with Crippen LogP contribution in [0, 0.1) is 0 Å². The number of nitrogens with two attached hydrogens (primary N) is 1. The molecule has 1 atom stereocenters. The van der Waals surface area contributed by atoms with Gasteiger partial charge in [0.15, 0.2) is 0 Å². The lowest BCUT2D eigenvalue weighted by atomic mass is 10.1. The van der Waals surface area contributed by atoms with E-state index in [1.165, 1.54) is 0 Å². The first kappa shape index (κ1) is 20.7. The van der Waals surface area contributed by atoms with Gasteiger partial charge in [-0.05, 0) is 44.2 Å². The van der Waals surface area contributed by atoms with E-state index in [1.54, 1.807) is 36.5 Å². The molecule has 2 heterocycles. The van der Waals surface area contributed by atoms with Crippen molar-refractivity contribution in [2.45, 2.75) is 32.4 Å². The van der Waals surface area contributed by atoms with Crippen molar-refractivity contribution in [3.63, 3.8) is 0 Å². The molecule has 0 saturated carbocycles. The van der Waals surface area contributed by atoms with Crippen molar-refractivity contribution in [3.05, 3.63) is 53.5 Å². The zero-order chi connectivity index (χ0) is 20.8. The Morgan fingerprint density at radius 1 is 1.31 bits per heavy atom. The Balaban J connectivity index is 1.61. The van der Waals surface area contributed by atoms with E-state index in [9.17, 15) is 9.59 Å². The first-order valence-corrected chi connectivity index (χ1v) is 9.93. The molecule has 3 N–H and O–H groups in total. The second-order valence-corrected chi connectivity index (χ2v) is 7.34. The summed E-state index contributed by atoms with van der Waals surface area (Å²) in [6.45, 7) is 4.50. The minimum Gasteiger partial charge on any atom is -0.384 e. The fourth-order valence-electron chi connectivity index (χ4n) is 3.45. The van der Waals surface area contributed by atoms with E-state index >= 15 is 0 Å². The van der Waals surface area contributed by atoms with Gasteiger partial charge < -0.3 is 16.0 Å². The molecule has 2 aromatic rings. The molecule has 1 aromatic heterocycles. The van der Waals surface area contributed by atoms with Gasteiger partial charge in [0.05, 0.1) is 6.54 Å². The summed E-state index contributed by atoms with van der Waals surface area (Å²) in [5.41, 5.74) is 6.77. The largest absolute Gasteiger partial charge is 0.384 e. The molecule has 2 amide bonds. The summed E-state index contributed by atoms with van der Waals surface area (Å²) in [6, 6.07) is 8.80. The molecule has 8 heteroatoms. The summed E-state index contributed by atoms with van der Waals surface area (Å²) in [5.74, 6) is 0.923. The summed E-state index contributed by atoms with van der Waals surface area (Å²) < 4.78 is 0. The number of aromatic nitrogens is 2. The van der Waals surface area contributed by atoms with Crippen molar-refractivity contribution in [3.8, 4) is 0 Å². The lowest BCUT2D eigenvalue weighted by Gasteiger charge is -2.24. The van der Waals surface area contributed by atoms with Crippen molar-refractivity contribution in [1.29, 1.82) is 0 Å². The minimum absolute atomic E-state index is 0.0498. The molecular formula is C21H28N6O2. The molecule has 1 saturated heterocycles. The third-order valence-corrected chi connectivity index (χ3v) is 5.10. The van der Waals surface area contributed by atoms with Crippen LogP contribution in [0.4, 0.5) is 5.82 Å². The molecule has 1 fully saturated rings. The normalized spacial score (nSPS) is 16.2. The highest BCUT2D eigenvalue weighted by Crippen LogP contribution is 2.19. The van der Waals surface area contributed by atoms with E-state index < -0.39 is 0 Å². The SMILES string of the molecule is CCCNC(=O)c1cccc(C(=O)N2CCC(N(C)Cc3nccc(N)n3)C2)c1. The average Bonchev–Trinajstić information content (AvgIpc) is 3.22. The number of nitrogen functional groups attached to an aromatic ring is 1. The number of hydrogen-bond acceptors (Lipinski definition) is 6. The van der Waals surface area contributed by atoms with Crippen LogP contribution in [0.25, 0.3) is 0 Å². The highest BCUT2D eigenvalue weighted by Gasteiger charge is 2.30. The predicted octanol–water partition coefficient (Wildman–Crippen LogP) is 1.55. The Kier molecular flexibility index (Phi) is 6.77. The fourth-order valence-corrected chi connectivity index (χ4v) is 3.45. The Morgan fingerprint density at radius 2 is 2.10 bits per heavy atom. The third-order valence-electron chi connectivity index (χ3n) is 5.10. The van der Waals surface area contributed by atoms with Gasteiger partial charge in [0.2, 0.25) is 0 Å². The molecule has 1 aliphatic heterocycles. The van der Waals surface area contributed by atoms with E-state index in [0.717, 1.165) is 12.8 Å². The lowest BCUT2D eigenvalue weighted by Crippen LogP contribution is -2.36. The predicted molar refractivity (Wildman–Crippen MR) is 111 cm³/mol. The number of nitrogens with zero attached hydrogens (tertiary/aromatic N) is 4. The molecular weight excluding hydrogens is 368 g/mol. The minimum atomic E-state index is -0.150. The first-order valence-electron chi connectivity index (χ1n) is 9.93. The number of anilines is 1. The monoisotopic (exact) mass is 396 g/mol. The van der Waals surface area contributed by atoms with E-state index in [2.05, 4.69) is 20.2 Å². The Hall–Kier alpha value is -3.00. The van der Waals surface area contributed by atoms with Crippen LogP contribution in [-0.2, 0) is 6.54 Å². The van der Waals surface area contributed by atoms with Gasteiger partial charge in [-0.3, -0.25) is 14.5 Å². The van der Waals surface area contributed by atoms with Gasteiger partial charge in [-0.15, -0.1) is 0 Å². The van der Waals surface area contributed by atoms with Crippen molar-refractivity contribution < 1.29 is 9.59 Å². The second-order valence-electron chi connectivity index (χ2n) is 7.34. The highest BCUT2D eigenvalue weighted by atomic mass is 16.2. The van der Waals surface area contributed by atoms with Crippen molar-refractivity contribution in [1.82, 2.24) is 25.1 Å². The molecule has 8 nitrogen and oxygen atoms in total. The summed E-state index contributed by atoms with van der Waals surface area (Å²) in [7, 11) is 2.00. The van der Waals surface area contributed by atoms with Gasteiger partial charge in [-0.2, -0.15) is 0 Å². The maximum atomic E-state index is 12.9. The van der Waals surface area contributed by atoms with Gasteiger partial charge >= 0.3 is 0 Å². The molecule has 1 unspecified atom stereocenters. The van der Waals surface area contributed by atoms with Crippen LogP contribution >= 0.6 is 0 Å². The zero-order valence-electron chi connectivity index (χ0n) is 17.0. The lowest BCUT2D eigenvalue weighted by molar-refractivity contribution is 0.0779. The smallest absolute Gasteiger partial charge is 0.253 e. The molecule has 154 valence electrons. The number of nitrogens with one attached hydrogen (secondary N) is 1. The number of carbonyl (C=O) groups excluding carboxylic acids is 2. The molecule has 0 bridgehead atoms. The van der Waals surface area contributed by atoms with E-state index in [0.29, 0.717) is 48.9 Å². The maximum Gasteiger partial charge on any atom is 0.253 e. The van der Waals surface area contributed by atoms with E-state index in [4.69, 9.17) is 5.73 Å². The van der Waals surface area contributed by atoms with Crippen molar-refractivity contribution in [2.24, 2.45) is 0 Å². The van der Waals surface area contributed by atoms with E-state index in [1.807, 2.05) is 18.9 Å². The standard InChI is InChI=1S/C21H28N6O2/c1-3-9-24-20(28)15-5-4-6-16(12-15)21(29)27-11-8-17(13-27)26(2)14-19-23-10-7-18(22)25-19/h4-7,10,12,17H,3,8-9,11,13-14H2,1-2H3,(H,24,28)(H2,22,23,25). The van der Waals surface area contributed by atoms with Crippen LogP contribution in [-0.4, -0.2) is 64.3 Å². The Morgan fingerprint density at radius 3 is 2.86 bits per heavy atom. The van der Waals surface area contributed by atoms with Crippen LogP contribution in [0.15, 0.2) is 36.5 Å². The van der Waals surface area contributed by atoms with Gasteiger partial charge in [-0.1, -0.05) is 13.0 Å². The van der Waals surface area contributed by atoms with Gasteiger partial charge in [0.1, 0.15) is 11.6 Å². The fraction of sp³-hybridized carbons (Fsp3) is 0.429. The molecule has 29 heavy (non-hydrogen) atoms. The molecule has 1 aromatic carbocycles. The topological polar surface area (TPSA) is 104 Å². The van der Waals surface area contributed by atoms with E-state index in [-0.39, 0.29) is 17.9 Å². The van der Waals surface area contributed by atoms with Crippen LogP contribution in [0.3, 0.4) is 0 Å². The number of rotatable bonds is 7. The number of amides is 2. The van der Waals surface area contributed by atoms with Crippen molar-refractivity contribution >= 4 is 17.6 Å². The van der Waals surface area contributed by atoms with Gasteiger partial charge in [0, 0.05) is 43.0 Å². The van der Waals surface area contributed by atoms with Crippen LogP contribution in [0.1, 0.15) is 46.3 Å². The summed E-state index contributed by atoms with van der Waals surface area (Å²) >= 11 is 0. The zero-order valence-corrected chi connectivity index (χ0v) is 17.0. The number of benzene rings is 1. The Labute approximate surface area is 171 Å². The maximum absolute atomic E-state index is 12.9. The molecule has 1 aliphatic rings. The van der Waals surface area contributed by atoms with Crippen LogP contribution < -0.4 is 11.1 Å². The number of hydrogen-bond donors (Lipinski definition) is 2. The molecule has 0 aliphatic carbocycles. The molecule has 0 radical (unpaired) electrons. The second kappa shape index (κ2) is 9.47. The number of likely N-dealkylation sites (tertiary alicyclic amines) is 1.